The average molecular weight is 484 g/mol. The van der Waals surface area contributed by atoms with Crippen molar-refractivity contribution in [2.75, 3.05) is 19.7 Å². The molecule has 0 spiro atoms. The Hall–Kier alpha value is -3.59. The molecule has 2 aromatic rings. The van der Waals surface area contributed by atoms with Crippen LogP contribution in [-0.2, 0) is 25.5 Å². The molecule has 2 aromatic carbocycles. The normalized spacial score (nSPS) is 15.6. The molecule has 2 N–H and O–H groups in total. The lowest BCUT2D eigenvalue weighted by atomic mass is 10.1. The largest absolute Gasteiger partial charge is 0.466 e. The van der Waals surface area contributed by atoms with E-state index in [0.717, 1.165) is 12.0 Å². The summed E-state index contributed by atoms with van der Waals surface area (Å²) >= 11 is 5.32. The lowest BCUT2D eigenvalue weighted by Crippen LogP contribution is -2.60. The average Bonchev–Trinajstić information content (AvgIpc) is 2.83. The van der Waals surface area contributed by atoms with Crippen molar-refractivity contribution in [3.63, 3.8) is 0 Å². The number of esters is 1. The number of aryl methyl sites for hydroxylation is 1. The molecular weight excluding hydrogens is 457 g/mol. The van der Waals surface area contributed by atoms with Crippen molar-refractivity contribution < 1.29 is 23.5 Å². The first kappa shape index (κ1) is 25.0. The van der Waals surface area contributed by atoms with Crippen molar-refractivity contribution >= 4 is 41.2 Å². The Morgan fingerprint density at radius 3 is 2.65 bits per heavy atom. The Kier molecular flexibility index (Phi) is 9.28. The molecule has 1 aliphatic heterocycles. The third-order valence-electron chi connectivity index (χ3n) is 5.19. The minimum atomic E-state index is -0.871. The predicted octanol–water partition coefficient (Wildman–Crippen LogP) is 2.61. The van der Waals surface area contributed by atoms with Crippen molar-refractivity contribution in [2.24, 2.45) is 0 Å². The standard InChI is InChI=1S/C25H26FN3O4S/c26-20-11-8-19(9-12-20)10-13-22(30)28-25(34)29-15-14-27-24(32)21(29)17-23(31)33-16-4-7-18-5-2-1-3-6-18/h1-3,5-6,8-13,21H,4,7,14-17H2,(H,27,32)(H,28,30,34)/b13-10+. The molecule has 1 unspecified atom stereocenters. The van der Waals surface area contributed by atoms with E-state index in [9.17, 15) is 18.8 Å². The van der Waals surface area contributed by atoms with Gasteiger partial charge in [-0.25, -0.2) is 4.39 Å². The smallest absolute Gasteiger partial charge is 0.308 e. The van der Waals surface area contributed by atoms with Gasteiger partial charge in [0.15, 0.2) is 5.11 Å². The van der Waals surface area contributed by atoms with Gasteiger partial charge < -0.3 is 15.0 Å². The highest BCUT2D eigenvalue weighted by Gasteiger charge is 2.34. The number of hydrogen-bond acceptors (Lipinski definition) is 5. The molecule has 178 valence electrons. The molecule has 3 rings (SSSR count). The molecule has 7 nitrogen and oxygen atoms in total. The van der Waals surface area contributed by atoms with E-state index in [4.69, 9.17) is 17.0 Å². The Labute approximate surface area is 203 Å². The minimum Gasteiger partial charge on any atom is -0.466 e. The van der Waals surface area contributed by atoms with E-state index in [2.05, 4.69) is 10.6 Å². The number of carbonyl (C=O) groups excluding carboxylic acids is 3. The van der Waals surface area contributed by atoms with E-state index in [1.54, 1.807) is 0 Å². The Morgan fingerprint density at radius 2 is 1.91 bits per heavy atom. The first-order chi connectivity index (χ1) is 16.4. The van der Waals surface area contributed by atoms with Gasteiger partial charge in [-0.1, -0.05) is 42.5 Å². The summed E-state index contributed by atoms with van der Waals surface area (Å²) in [5.74, 6) is -1.73. The van der Waals surface area contributed by atoms with Crippen LogP contribution in [-0.4, -0.2) is 53.5 Å². The third-order valence-corrected chi connectivity index (χ3v) is 5.53. The SMILES string of the molecule is O=C(/C=C/c1ccc(F)cc1)NC(=S)N1CCNC(=O)C1CC(=O)OCCCc1ccccc1. The molecule has 34 heavy (non-hydrogen) atoms. The molecule has 9 heteroatoms. The van der Waals surface area contributed by atoms with Crippen molar-refractivity contribution in [3.05, 3.63) is 77.6 Å². The summed E-state index contributed by atoms with van der Waals surface area (Å²) in [6, 6.07) is 14.7. The molecule has 1 saturated heterocycles. The van der Waals surface area contributed by atoms with Crippen molar-refractivity contribution in [2.45, 2.75) is 25.3 Å². The van der Waals surface area contributed by atoms with Gasteiger partial charge in [-0.2, -0.15) is 0 Å². The number of nitrogens with one attached hydrogen (secondary N) is 2. The first-order valence-corrected chi connectivity index (χ1v) is 11.4. The van der Waals surface area contributed by atoms with E-state index in [0.29, 0.717) is 25.1 Å². The fourth-order valence-electron chi connectivity index (χ4n) is 3.45. The summed E-state index contributed by atoms with van der Waals surface area (Å²) in [4.78, 5) is 38.5. The van der Waals surface area contributed by atoms with Crippen LogP contribution in [0.1, 0.15) is 24.0 Å². The van der Waals surface area contributed by atoms with Crippen LogP contribution in [0.4, 0.5) is 4.39 Å². The highest BCUT2D eigenvalue weighted by Crippen LogP contribution is 2.12. The molecule has 1 heterocycles. The summed E-state index contributed by atoms with van der Waals surface area (Å²) in [6.45, 7) is 0.929. The Balaban J connectivity index is 1.49. The lowest BCUT2D eigenvalue weighted by molar-refractivity contribution is -0.147. The summed E-state index contributed by atoms with van der Waals surface area (Å²) < 4.78 is 18.3. The molecule has 1 aliphatic rings. The molecule has 0 aliphatic carbocycles. The van der Waals surface area contributed by atoms with Gasteiger partial charge in [0.2, 0.25) is 11.8 Å². The molecule has 0 saturated carbocycles. The maximum atomic E-state index is 13.0. The highest BCUT2D eigenvalue weighted by molar-refractivity contribution is 7.80. The van der Waals surface area contributed by atoms with Gasteiger partial charge in [-0.15, -0.1) is 0 Å². The zero-order valence-electron chi connectivity index (χ0n) is 18.5. The second-order valence-electron chi connectivity index (χ2n) is 7.69. The van der Waals surface area contributed by atoms with Gasteiger partial charge in [0, 0.05) is 19.2 Å². The molecule has 1 fully saturated rings. The van der Waals surface area contributed by atoms with E-state index in [1.807, 2.05) is 30.3 Å². The lowest BCUT2D eigenvalue weighted by Gasteiger charge is -2.36. The quantitative estimate of drug-likeness (QED) is 0.260. The monoisotopic (exact) mass is 483 g/mol. The topological polar surface area (TPSA) is 87.7 Å². The van der Waals surface area contributed by atoms with Gasteiger partial charge >= 0.3 is 5.97 Å². The van der Waals surface area contributed by atoms with Gasteiger partial charge in [0.1, 0.15) is 11.9 Å². The first-order valence-electron chi connectivity index (χ1n) is 10.9. The van der Waals surface area contributed by atoms with Gasteiger partial charge in [0.05, 0.1) is 13.0 Å². The Bertz CT molecular complexity index is 1040. The van der Waals surface area contributed by atoms with E-state index < -0.39 is 17.9 Å². The summed E-state index contributed by atoms with van der Waals surface area (Å²) in [7, 11) is 0. The zero-order valence-corrected chi connectivity index (χ0v) is 19.4. The number of piperazine rings is 1. The number of benzene rings is 2. The second-order valence-corrected chi connectivity index (χ2v) is 8.08. The van der Waals surface area contributed by atoms with Crippen LogP contribution in [0.5, 0.6) is 0 Å². The van der Waals surface area contributed by atoms with Crippen molar-refractivity contribution in [1.82, 2.24) is 15.5 Å². The number of carbonyl (C=O) groups is 3. The van der Waals surface area contributed by atoms with Crippen LogP contribution in [0.3, 0.4) is 0 Å². The summed E-state index contributed by atoms with van der Waals surface area (Å²) in [5.41, 5.74) is 1.80. The van der Waals surface area contributed by atoms with Gasteiger partial charge in [-0.3, -0.25) is 19.7 Å². The number of rotatable bonds is 8. The maximum absolute atomic E-state index is 13.0. The third kappa shape index (κ3) is 7.77. The molecular formula is C25H26FN3O4S. The number of hydrogen-bond donors (Lipinski definition) is 2. The van der Waals surface area contributed by atoms with Crippen molar-refractivity contribution in [1.29, 1.82) is 0 Å². The molecule has 0 radical (unpaired) electrons. The summed E-state index contributed by atoms with van der Waals surface area (Å²) in [6.07, 6.45) is 4.06. The van der Waals surface area contributed by atoms with Gasteiger partial charge in [0.25, 0.3) is 0 Å². The van der Waals surface area contributed by atoms with Gasteiger partial charge in [-0.05, 0) is 54.4 Å². The van der Waals surface area contributed by atoms with Crippen LogP contribution in [0.2, 0.25) is 0 Å². The molecule has 0 bridgehead atoms. The minimum absolute atomic E-state index is 0.0467. The van der Waals surface area contributed by atoms with E-state index in [1.165, 1.54) is 41.3 Å². The van der Waals surface area contributed by atoms with Crippen LogP contribution in [0, 0.1) is 5.82 Å². The number of ether oxygens (including phenoxy) is 1. The van der Waals surface area contributed by atoms with E-state index in [-0.39, 0.29) is 29.9 Å². The molecule has 1 atom stereocenters. The number of thiocarbonyl (C=S) groups is 1. The molecule has 2 amide bonds. The van der Waals surface area contributed by atoms with Crippen LogP contribution in [0.15, 0.2) is 60.7 Å². The van der Waals surface area contributed by atoms with Crippen LogP contribution < -0.4 is 10.6 Å². The number of halogens is 1. The zero-order chi connectivity index (χ0) is 24.3. The second kappa shape index (κ2) is 12.6. The summed E-state index contributed by atoms with van der Waals surface area (Å²) in [5, 5.41) is 5.31. The van der Waals surface area contributed by atoms with Crippen LogP contribution >= 0.6 is 12.2 Å². The molecule has 0 aromatic heterocycles. The predicted molar refractivity (Wildman–Crippen MR) is 130 cm³/mol. The van der Waals surface area contributed by atoms with E-state index >= 15 is 0 Å². The fraction of sp³-hybridized carbons (Fsp3) is 0.280. The number of amides is 2. The number of nitrogens with zero attached hydrogens (tertiary/aromatic N) is 1. The fourth-order valence-corrected chi connectivity index (χ4v) is 3.77. The van der Waals surface area contributed by atoms with Crippen molar-refractivity contribution in [3.8, 4) is 0 Å². The Morgan fingerprint density at radius 1 is 1.18 bits per heavy atom. The highest BCUT2D eigenvalue weighted by atomic mass is 32.1. The van der Waals surface area contributed by atoms with Crippen LogP contribution in [0.25, 0.3) is 6.08 Å². The maximum Gasteiger partial charge on any atom is 0.308 e.